The van der Waals surface area contributed by atoms with Gasteiger partial charge in [-0.15, -0.1) is 0 Å². The van der Waals surface area contributed by atoms with E-state index in [9.17, 15) is 8.42 Å². The maximum absolute atomic E-state index is 10.6. The molecule has 7 heteroatoms. The standard InChI is InChI=1S/C8H15N3O3S/c1-6-8(7(2)14-11-6)5-10-3-4-15(9,12)13/h10H,3-5H2,1-2H3,(H2,9,12,13). The fourth-order valence-corrected chi connectivity index (χ4v) is 1.61. The average Bonchev–Trinajstić information content (AvgIpc) is 2.40. The minimum atomic E-state index is -3.39. The van der Waals surface area contributed by atoms with Gasteiger partial charge < -0.3 is 9.84 Å². The predicted octanol–water partition coefficient (Wildman–Crippen LogP) is -0.330. The Hall–Kier alpha value is -0.920. The largest absolute Gasteiger partial charge is 0.361 e. The van der Waals surface area contributed by atoms with Crippen molar-refractivity contribution in [3.8, 4) is 0 Å². The number of nitrogens with one attached hydrogen (secondary N) is 1. The van der Waals surface area contributed by atoms with Crippen LogP contribution in [0.25, 0.3) is 0 Å². The van der Waals surface area contributed by atoms with Crippen LogP contribution in [-0.4, -0.2) is 25.9 Å². The molecule has 0 aliphatic carbocycles. The number of aryl methyl sites for hydroxylation is 2. The molecular formula is C8H15N3O3S. The van der Waals surface area contributed by atoms with E-state index < -0.39 is 10.0 Å². The number of sulfonamides is 1. The Labute approximate surface area is 88.9 Å². The van der Waals surface area contributed by atoms with Gasteiger partial charge in [-0.1, -0.05) is 5.16 Å². The highest BCUT2D eigenvalue weighted by atomic mass is 32.2. The molecule has 0 aromatic carbocycles. The molecule has 0 atom stereocenters. The molecule has 15 heavy (non-hydrogen) atoms. The molecule has 0 saturated heterocycles. The molecule has 1 heterocycles. The van der Waals surface area contributed by atoms with E-state index in [2.05, 4.69) is 10.5 Å². The van der Waals surface area contributed by atoms with Crippen LogP contribution in [0, 0.1) is 13.8 Å². The first-order chi connectivity index (χ1) is 6.90. The van der Waals surface area contributed by atoms with E-state index in [0.29, 0.717) is 13.1 Å². The second-order valence-electron chi connectivity index (χ2n) is 3.35. The summed E-state index contributed by atoms with van der Waals surface area (Å²) in [5, 5.41) is 11.6. The van der Waals surface area contributed by atoms with Gasteiger partial charge in [-0.3, -0.25) is 0 Å². The summed E-state index contributed by atoms with van der Waals surface area (Å²) < 4.78 is 26.2. The van der Waals surface area contributed by atoms with E-state index in [1.165, 1.54) is 0 Å². The number of nitrogens with two attached hydrogens (primary N) is 1. The van der Waals surface area contributed by atoms with Gasteiger partial charge in [0.15, 0.2) is 0 Å². The highest BCUT2D eigenvalue weighted by Crippen LogP contribution is 2.10. The summed E-state index contributed by atoms with van der Waals surface area (Å²) in [6.45, 7) is 4.52. The van der Waals surface area contributed by atoms with Gasteiger partial charge in [0.25, 0.3) is 0 Å². The highest BCUT2D eigenvalue weighted by molar-refractivity contribution is 7.89. The van der Waals surface area contributed by atoms with Crippen LogP contribution in [0.5, 0.6) is 0 Å². The molecule has 0 unspecified atom stereocenters. The van der Waals surface area contributed by atoms with Crippen molar-refractivity contribution in [2.45, 2.75) is 20.4 Å². The Balaban J connectivity index is 2.39. The number of hydrogen-bond donors (Lipinski definition) is 2. The molecule has 1 rings (SSSR count). The van der Waals surface area contributed by atoms with Crippen molar-refractivity contribution < 1.29 is 12.9 Å². The van der Waals surface area contributed by atoms with Crippen LogP contribution in [0.1, 0.15) is 17.0 Å². The average molecular weight is 233 g/mol. The van der Waals surface area contributed by atoms with Gasteiger partial charge in [-0.25, -0.2) is 13.6 Å². The molecular weight excluding hydrogens is 218 g/mol. The highest BCUT2D eigenvalue weighted by Gasteiger charge is 2.08. The van der Waals surface area contributed by atoms with Crippen molar-refractivity contribution in [3.05, 3.63) is 17.0 Å². The Morgan fingerprint density at radius 3 is 2.60 bits per heavy atom. The molecule has 86 valence electrons. The fraction of sp³-hybridized carbons (Fsp3) is 0.625. The molecule has 0 aliphatic rings. The van der Waals surface area contributed by atoms with E-state index in [0.717, 1.165) is 17.0 Å². The van der Waals surface area contributed by atoms with Crippen molar-refractivity contribution in [3.63, 3.8) is 0 Å². The second-order valence-corrected chi connectivity index (χ2v) is 5.08. The van der Waals surface area contributed by atoms with E-state index in [-0.39, 0.29) is 5.75 Å². The first-order valence-electron chi connectivity index (χ1n) is 4.53. The van der Waals surface area contributed by atoms with Gasteiger partial charge in [0.2, 0.25) is 10.0 Å². The molecule has 0 amide bonds. The first-order valence-corrected chi connectivity index (χ1v) is 6.24. The Morgan fingerprint density at radius 1 is 1.47 bits per heavy atom. The van der Waals surface area contributed by atoms with Crippen LogP contribution in [0.3, 0.4) is 0 Å². The Kier molecular flexibility index (Phi) is 3.83. The van der Waals surface area contributed by atoms with E-state index >= 15 is 0 Å². The molecule has 0 aliphatic heterocycles. The van der Waals surface area contributed by atoms with E-state index in [4.69, 9.17) is 9.66 Å². The van der Waals surface area contributed by atoms with Crippen molar-refractivity contribution in [2.24, 2.45) is 5.14 Å². The minimum absolute atomic E-state index is 0.0730. The molecule has 1 aromatic rings. The molecule has 0 bridgehead atoms. The number of aromatic nitrogens is 1. The second kappa shape index (κ2) is 4.73. The van der Waals surface area contributed by atoms with Crippen LogP contribution >= 0.6 is 0 Å². The molecule has 0 saturated carbocycles. The third kappa shape index (κ3) is 3.98. The maximum atomic E-state index is 10.6. The van der Waals surface area contributed by atoms with Crippen molar-refractivity contribution in [2.75, 3.05) is 12.3 Å². The third-order valence-electron chi connectivity index (χ3n) is 2.05. The molecule has 0 spiro atoms. The van der Waals surface area contributed by atoms with Gasteiger partial charge in [-0.2, -0.15) is 0 Å². The lowest BCUT2D eigenvalue weighted by Gasteiger charge is -2.02. The van der Waals surface area contributed by atoms with Gasteiger partial charge in [0, 0.05) is 18.7 Å². The van der Waals surface area contributed by atoms with Crippen molar-refractivity contribution in [1.82, 2.24) is 10.5 Å². The summed E-state index contributed by atoms with van der Waals surface area (Å²) in [7, 11) is -3.39. The Morgan fingerprint density at radius 2 is 2.13 bits per heavy atom. The van der Waals surface area contributed by atoms with Gasteiger partial charge >= 0.3 is 0 Å². The monoisotopic (exact) mass is 233 g/mol. The molecule has 0 fully saturated rings. The molecule has 3 N–H and O–H groups in total. The summed E-state index contributed by atoms with van der Waals surface area (Å²) >= 11 is 0. The van der Waals surface area contributed by atoms with Crippen LogP contribution < -0.4 is 10.5 Å². The SMILES string of the molecule is Cc1noc(C)c1CNCCS(N)(=O)=O. The Bertz CT molecular complexity index is 405. The summed E-state index contributed by atoms with van der Waals surface area (Å²) in [5.74, 6) is 0.673. The van der Waals surface area contributed by atoms with Crippen LogP contribution in [0.4, 0.5) is 0 Å². The van der Waals surface area contributed by atoms with Crippen molar-refractivity contribution in [1.29, 1.82) is 0 Å². The number of hydrogen-bond acceptors (Lipinski definition) is 5. The van der Waals surface area contributed by atoms with Crippen LogP contribution in [0.15, 0.2) is 4.52 Å². The predicted molar refractivity (Wildman–Crippen MR) is 55.7 cm³/mol. The van der Waals surface area contributed by atoms with Crippen LogP contribution in [-0.2, 0) is 16.6 Å². The number of nitrogens with zero attached hydrogens (tertiary/aromatic N) is 1. The fourth-order valence-electron chi connectivity index (χ4n) is 1.18. The summed E-state index contributed by atoms with van der Waals surface area (Å²) in [6, 6.07) is 0. The summed E-state index contributed by atoms with van der Waals surface area (Å²) in [5.41, 5.74) is 1.78. The lowest BCUT2D eigenvalue weighted by Crippen LogP contribution is -2.27. The first kappa shape index (κ1) is 12.2. The molecule has 1 aromatic heterocycles. The third-order valence-corrected chi connectivity index (χ3v) is 2.82. The van der Waals surface area contributed by atoms with Gasteiger partial charge in [-0.05, 0) is 13.8 Å². The van der Waals surface area contributed by atoms with E-state index in [1.807, 2.05) is 13.8 Å². The number of rotatable bonds is 5. The zero-order valence-electron chi connectivity index (χ0n) is 8.78. The number of primary sulfonamides is 1. The van der Waals surface area contributed by atoms with Gasteiger partial charge in [0.05, 0.1) is 11.4 Å². The zero-order valence-corrected chi connectivity index (χ0v) is 9.60. The normalized spacial score (nSPS) is 11.9. The van der Waals surface area contributed by atoms with Crippen molar-refractivity contribution >= 4 is 10.0 Å². The topological polar surface area (TPSA) is 98.2 Å². The minimum Gasteiger partial charge on any atom is -0.361 e. The zero-order chi connectivity index (χ0) is 11.5. The smallest absolute Gasteiger partial charge is 0.210 e. The summed E-state index contributed by atoms with van der Waals surface area (Å²) in [4.78, 5) is 0. The quantitative estimate of drug-likeness (QED) is 0.678. The molecule has 6 nitrogen and oxygen atoms in total. The molecule has 0 radical (unpaired) electrons. The lowest BCUT2D eigenvalue weighted by molar-refractivity contribution is 0.392. The van der Waals surface area contributed by atoms with Crippen LogP contribution in [0.2, 0.25) is 0 Å². The van der Waals surface area contributed by atoms with E-state index in [1.54, 1.807) is 0 Å². The maximum Gasteiger partial charge on any atom is 0.210 e. The lowest BCUT2D eigenvalue weighted by atomic mass is 10.2. The van der Waals surface area contributed by atoms with Gasteiger partial charge in [0.1, 0.15) is 5.76 Å². The summed E-state index contributed by atoms with van der Waals surface area (Å²) in [6.07, 6.45) is 0.